The van der Waals surface area contributed by atoms with Gasteiger partial charge in [-0.05, 0) is 46.4 Å². The number of carbonyl (C=O) groups excluding carboxylic acids is 1. The smallest absolute Gasteiger partial charge is 0.172 e. The molecule has 19 heavy (non-hydrogen) atoms. The Hall–Kier alpha value is -1.33. The lowest BCUT2D eigenvalue weighted by Crippen LogP contribution is -2.01. The molecule has 0 aliphatic rings. The number of benzene rings is 1. The third-order valence-electron chi connectivity index (χ3n) is 2.47. The Bertz CT molecular complexity index is 566. The van der Waals surface area contributed by atoms with E-state index in [4.69, 9.17) is 9.47 Å². The van der Waals surface area contributed by atoms with E-state index in [1.807, 2.05) is 18.4 Å². The first-order chi connectivity index (χ1) is 9.26. The summed E-state index contributed by atoms with van der Waals surface area (Å²) in [6.07, 6.45) is 0.779. The van der Waals surface area contributed by atoms with Crippen molar-refractivity contribution >= 4 is 33.6 Å². The molecule has 0 bridgehead atoms. The van der Waals surface area contributed by atoms with E-state index in [9.17, 15) is 4.79 Å². The van der Waals surface area contributed by atoms with Crippen molar-refractivity contribution in [3.05, 3.63) is 44.6 Å². The van der Waals surface area contributed by atoms with Crippen molar-refractivity contribution in [2.75, 3.05) is 6.61 Å². The SMILES string of the molecule is CCOc1cccc(C=O)c1OCc1sccc1Br. The number of hydrogen-bond donors (Lipinski definition) is 0. The van der Waals surface area contributed by atoms with E-state index in [1.165, 1.54) is 0 Å². The van der Waals surface area contributed by atoms with Gasteiger partial charge in [0, 0.05) is 4.47 Å². The van der Waals surface area contributed by atoms with Crippen LogP contribution >= 0.6 is 27.3 Å². The summed E-state index contributed by atoms with van der Waals surface area (Å²) in [6.45, 7) is 2.83. The van der Waals surface area contributed by atoms with Gasteiger partial charge in [-0.25, -0.2) is 0 Å². The van der Waals surface area contributed by atoms with Crippen LogP contribution in [0.15, 0.2) is 34.1 Å². The number of carbonyl (C=O) groups is 1. The van der Waals surface area contributed by atoms with E-state index in [2.05, 4.69) is 15.9 Å². The minimum absolute atomic E-state index is 0.406. The number of para-hydroxylation sites is 1. The topological polar surface area (TPSA) is 35.5 Å². The van der Waals surface area contributed by atoms with E-state index in [0.717, 1.165) is 15.6 Å². The molecule has 1 aromatic carbocycles. The molecule has 0 unspecified atom stereocenters. The second kappa shape index (κ2) is 6.73. The maximum Gasteiger partial charge on any atom is 0.172 e. The first kappa shape index (κ1) is 14.1. The Labute approximate surface area is 124 Å². The summed E-state index contributed by atoms with van der Waals surface area (Å²) >= 11 is 5.05. The molecule has 2 aromatic rings. The van der Waals surface area contributed by atoms with Crippen molar-refractivity contribution in [2.45, 2.75) is 13.5 Å². The molecule has 0 atom stereocenters. The zero-order valence-corrected chi connectivity index (χ0v) is 12.8. The molecular formula is C14H13BrO3S. The molecule has 0 aliphatic carbocycles. The Morgan fingerprint density at radius 2 is 2.16 bits per heavy atom. The summed E-state index contributed by atoms with van der Waals surface area (Å²) in [5.74, 6) is 1.10. The van der Waals surface area contributed by atoms with E-state index in [1.54, 1.807) is 29.5 Å². The van der Waals surface area contributed by atoms with Gasteiger partial charge in [0.25, 0.3) is 0 Å². The molecule has 0 aliphatic heterocycles. The quantitative estimate of drug-likeness (QED) is 0.735. The number of hydrogen-bond acceptors (Lipinski definition) is 4. The van der Waals surface area contributed by atoms with Gasteiger partial charge >= 0.3 is 0 Å². The summed E-state index contributed by atoms with van der Waals surface area (Å²) in [6, 6.07) is 7.27. The summed E-state index contributed by atoms with van der Waals surface area (Å²) in [4.78, 5) is 12.1. The minimum atomic E-state index is 0.406. The second-order valence-corrected chi connectivity index (χ2v) is 5.56. The Morgan fingerprint density at radius 3 is 2.79 bits per heavy atom. The molecule has 1 aromatic heterocycles. The van der Waals surface area contributed by atoms with Crippen LogP contribution < -0.4 is 9.47 Å². The Kier molecular flexibility index (Phi) is 4.99. The van der Waals surface area contributed by atoms with Crippen LogP contribution in [-0.4, -0.2) is 12.9 Å². The highest BCUT2D eigenvalue weighted by Crippen LogP contribution is 2.32. The molecule has 3 nitrogen and oxygen atoms in total. The maximum atomic E-state index is 11.1. The molecule has 0 spiro atoms. The molecule has 5 heteroatoms. The van der Waals surface area contributed by atoms with Gasteiger partial charge in [0.1, 0.15) is 6.61 Å². The van der Waals surface area contributed by atoms with Gasteiger partial charge in [-0.3, -0.25) is 4.79 Å². The van der Waals surface area contributed by atoms with Crippen LogP contribution in [0.2, 0.25) is 0 Å². The van der Waals surface area contributed by atoms with Gasteiger partial charge in [-0.1, -0.05) is 6.07 Å². The third-order valence-corrected chi connectivity index (χ3v) is 4.37. The van der Waals surface area contributed by atoms with Crippen LogP contribution in [0.4, 0.5) is 0 Å². The molecule has 0 saturated carbocycles. The minimum Gasteiger partial charge on any atom is -0.490 e. The van der Waals surface area contributed by atoms with Gasteiger partial charge in [-0.15, -0.1) is 11.3 Å². The highest BCUT2D eigenvalue weighted by molar-refractivity contribution is 9.10. The third kappa shape index (κ3) is 3.36. The lowest BCUT2D eigenvalue weighted by Gasteiger charge is -2.13. The van der Waals surface area contributed by atoms with Crippen molar-refractivity contribution in [3.8, 4) is 11.5 Å². The summed E-state index contributed by atoms with van der Waals surface area (Å²) in [5.41, 5.74) is 0.499. The van der Waals surface area contributed by atoms with Gasteiger partial charge in [0.05, 0.1) is 17.0 Å². The van der Waals surface area contributed by atoms with E-state index >= 15 is 0 Å². The van der Waals surface area contributed by atoms with Crippen molar-refractivity contribution < 1.29 is 14.3 Å². The zero-order valence-electron chi connectivity index (χ0n) is 10.4. The number of rotatable bonds is 6. The zero-order chi connectivity index (χ0) is 13.7. The molecule has 0 radical (unpaired) electrons. The standard InChI is InChI=1S/C14H13BrO3S/c1-2-17-12-5-3-4-10(8-16)14(12)18-9-13-11(15)6-7-19-13/h3-8H,2,9H2,1H3. The summed E-state index contributed by atoms with van der Waals surface area (Å²) in [5, 5.41) is 1.98. The van der Waals surface area contributed by atoms with Crippen LogP contribution in [0.1, 0.15) is 22.2 Å². The van der Waals surface area contributed by atoms with E-state index in [-0.39, 0.29) is 0 Å². The van der Waals surface area contributed by atoms with Crippen molar-refractivity contribution in [2.24, 2.45) is 0 Å². The number of ether oxygens (including phenoxy) is 2. The molecular weight excluding hydrogens is 328 g/mol. The number of aldehydes is 1. The first-order valence-corrected chi connectivity index (χ1v) is 7.49. The molecule has 0 saturated heterocycles. The van der Waals surface area contributed by atoms with Gasteiger partial charge < -0.3 is 9.47 Å². The van der Waals surface area contributed by atoms with Gasteiger partial charge in [-0.2, -0.15) is 0 Å². The van der Waals surface area contributed by atoms with Crippen molar-refractivity contribution in [3.63, 3.8) is 0 Å². The average Bonchev–Trinajstić information content (AvgIpc) is 2.83. The van der Waals surface area contributed by atoms with Crippen LogP contribution in [0.25, 0.3) is 0 Å². The second-order valence-electron chi connectivity index (χ2n) is 3.71. The molecule has 100 valence electrons. The molecule has 0 fully saturated rings. The molecule has 1 heterocycles. The van der Waals surface area contributed by atoms with Crippen LogP contribution in [0.3, 0.4) is 0 Å². The highest BCUT2D eigenvalue weighted by atomic mass is 79.9. The Balaban J connectivity index is 2.22. The van der Waals surface area contributed by atoms with Gasteiger partial charge in [0.2, 0.25) is 0 Å². The van der Waals surface area contributed by atoms with E-state index in [0.29, 0.717) is 30.3 Å². The van der Waals surface area contributed by atoms with Crippen LogP contribution in [0.5, 0.6) is 11.5 Å². The van der Waals surface area contributed by atoms with Crippen molar-refractivity contribution in [1.82, 2.24) is 0 Å². The van der Waals surface area contributed by atoms with Gasteiger partial charge in [0.15, 0.2) is 17.8 Å². The number of halogens is 1. The fourth-order valence-corrected chi connectivity index (χ4v) is 2.99. The lowest BCUT2D eigenvalue weighted by atomic mass is 10.2. The lowest BCUT2D eigenvalue weighted by molar-refractivity contribution is 0.111. The number of thiophene rings is 1. The first-order valence-electron chi connectivity index (χ1n) is 5.82. The van der Waals surface area contributed by atoms with Crippen molar-refractivity contribution in [1.29, 1.82) is 0 Å². The molecule has 0 amide bonds. The maximum absolute atomic E-state index is 11.1. The summed E-state index contributed by atoms with van der Waals surface area (Å²) in [7, 11) is 0. The van der Waals surface area contributed by atoms with E-state index < -0.39 is 0 Å². The fraction of sp³-hybridized carbons (Fsp3) is 0.214. The average molecular weight is 341 g/mol. The molecule has 0 N–H and O–H groups in total. The normalized spacial score (nSPS) is 10.2. The highest BCUT2D eigenvalue weighted by Gasteiger charge is 2.12. The Morgan fingerprint density at radius 1 is 1.32 bits per heavy atom. The largest absolute Gasteiger partial charge is 0.490 e. The van der Waals surface area contributed by atoms with Crippen LogP contribution in [0, 0.1) is 0 Å². The predicted molar refractivity (Wildman–Crippen MR) is 79.3 cm³/mol. The predicted octanol–water partition coefficient (Wildman–Crippen LogP) is 4.30. The molecule has 2 rings (SSSR count). The monoisotopic (exact) mass is 340 g/mol. The fourth-order valence-electron chi connectivity index (χ4n) is 1.62. The summed E-state index contributed by atoms with van der Waals surface area (Å²) < 4.78 is 12.3. The van der Waals surface area contributed by atoms with Crippen LogP contribution in [-0.2, 0) is 6.61 Å².